The van der Waals surface area contributed by atoms with Crippen molar-refractivity contribution in [2.45, 2.75) is 19.8 Å². The Morgan fingerprint density at radius 1 is 1.05 bits per heavy atom. The number of nitrogens with zero attached hydrogens (tertiary/aromatic N) is 3. The van der Waals surface area contributed by atoms with Crippen molar-refractivity contribution in [1.29, 1.82) is 0 Å². The number of rotatable bonds is 8. The number of para-hydroxylation sites is 1. The van der Waals surface area contributed by atoms with Crippen LogP contribution in [0, 0.1) is 0 Å². The first-order valence-corrected chi connectivity index (χ1v) is 13.6. The number of nitrogens with one attached hydrogen (secondary N) is 1. The van der Waals surface area contributed by atoms with Crippen LogP contribution in [0.5, 0.6) is 5.75 Å². The van der Waals surface area contributed by atoms with Crippen LogP contribution in [0.25, 0.3) is 11.8 Å². The number of thioether (sulfide) groups is 1. The summed E-state index contributed by atoms with van der Waals surface area (Å²) in [7, 11) is 1.55. The highest BCUT2D eigenvalue weighted by atomic mass is 32.2. The molecule has 0 radical (unpaired) electrons. The summed E-state index contributed by atoms with van der Waals surface area (Å²) in [5, 5.41) is 2.82. The molecule has 4 aromatic rings. The van der Waals surface area contributed by atoms with Crippen LogP contribution < -0.4 is 19.9 Å². The summed E-state index contributed by atoms with van der Waals surface area (Å²) in [6.45, 7) is 4.24. The van der Waals surface area contributed by atoms with Gasteiger partial charge < -0.3 is 4.74 Å². The third-order valence-electron chi connectivity index (χ3n) is 6.32. The molecule has 9 nitrogen and oxygen atoms in total. The Bertz CT molecular complexity index is 1650. The largest absolute Gasteiger partial charge is 0.497 e. The normalized spacial score (nSPS) is 14.2. The van der Waals surface area contributed by atoms with Crippen LogP contribution >= 0.6 is 11.8 Å². The number of benzene rings is 3. The minimum atomic E-state index is -0.795. The van der Waals surface area contributed by atoms with Gasteiger partial charge in [0.2, 0.25) is 11.5 Å². The van der Waals surface area contributed by atoms with Gasteiger partial charge in [0, 0.05) is 12.1 Å². The maximum atomic E-state index is 13.5. The number of ether oxygens (including phenoxy) is 1. The van der Waals surface area contributed by atoms with E-state index in [0.29, 0.717) is 28.2 Å². The predicted octanol–water partition coefficient (Wildman–Crippen LogP) is 4.74. The van der Waals surface area contributed by atoms with E-state index in [1.54, 1.807) is 49.6 Å². The third-order valence-corrected chi connectivity index (χ3v) is 7.26. The zero-order chi connectivity index (χ0) is 28.2. The van der Waals surface area contributed by atoms with E-state index in [2.05, 4.69) is 24.1 Å². The van der Waals surface area contributed by atoms with Gasteiger partial charge in [-0.1, -0.05) is 68.1 Å². The van der Waals surface area contributed by atoms with E-state index >= 15 is 0 Å². The molecule has 0 saturated carbocycles. The van der Waals surface area contributed by atoms with Gasteiger partial charge in [-0.15, -0.1) is 0 Å². The molecule has 1 amide bonds. The van der Waals surface area contributed by atoms with Crippen LogP contribution in [0.2, 0.25) is 0 Å². The first-order chi connectivity index (χ1) is 19.4. The van der Waals surface area contributed by atoms with E-state index in [9.17, 15) is 14.4 Å². The number of hydrogen-bond donors (Lipinski definition) is 1. The summed E-state index contributed by atoms with van der Waals surface area (Å²) in [5.74, 6) is 0.0882. The number of hydrogen-bond acceptors (Lipinski definition) is 7. The number of aromatic nitrogens is 2. The van der Waals surface area contributed by atoms with Gasteiger partial charge in [-0.2, -0.15) is 0 Å². The van der Waals surface area contributed by atoms with E-state index in [0.717, 1.165) is 17.3 Å². The van der Waals surface area contributed by atoms with E-state index in [4.69, 9.17) is 9.26 Å². The predicted molar refractivity (Wildman–Crippen MR) is 154 cm³/mol. The minimum Gasteiger partial charge on any atom is -0.497 e. The first-order valence-electron chi connectivity index (χ1n) is 12.6. The standard InChI is InChI=1S/C30H26N4O5S/c1-19(2)21-11-9-20(10-12-21)17-25-28(36)33(22-7-5-4-6-8-22)30(31-25)40-18-26(35)27-29(37)39-32-34(27)23-13-15-24(38-3)16-14-23/h4-17,19H,18H2,1-3H3/p+1/b25-17+. The number of aliphatic imine (C=N–C) groups is 1. The lowest BCUT2D eigenvalue weighted by atomic mass is 10.0. The number of methoxy groups -OCH3 is 1. The van der Waals surface area contributed by atoms with Gasteiger partial charge in [0.25, 0.3) is 5.91 Å². The van der Waals surface area contributed by atoms with Crippen molar-refractivity contribution in [3.8, 4) is 11.4 Å². The second-order valence-electron chi connectivity index (χ2n) is 9.30. The first kappa shape index (κ1) is 26.9. The fraction of sp³-hybridized carbons (Fsp3) is 0.167. The zero-order valence-corrected chi connectivity index (χ0v) is 23.0. The smallest absolute Gasteiger partial charge is 0.438 e. The Kier molecular flexibility index (Phi) is 7.79. The molecule has 0 unspecified atom stereocenters. The van der Waals surface area contributed by atoms with Gasteiger partial charge in [-0.25, -0.2) is 9.79 Å². The average molecular weight is 556 g/mol. The minimum absolute atomic E-state index is 0.148. The van der Waals surface area contributed by atoms with Crippen LogP contribution in [0.4, 0.5) is 5.69 Å². The SMILES string of the molecule is COc1ccc(-[n+]2[nH]oc(=O)c2C(=O)CSC2=N/C(=C/c3ccc(C(C)C)cc3)C(=O)N2c2ccccc2)cc1. The quantitative estimate of drug-likeness (QED) is 0.191. The van der Waals surface area contributed by atoms with E-state index < -0.39 is 11.4 Å². The highest BCUT2D eigenvalue weighted by Gasteiger charge is 2.35. The van der Waals surface area contributed by atoms with Crippen LogP contribution in [0.1, 0.15) is 41.4 Å². The molecule has 0 spiro atoms. The fourth-order valence-electron chi connectivity index (χ4n) is 4.16. The highest BCUT2D eigenvalue weighted by Crippen LogP contribution is 2.30. The number of carbonyl (C=O) groups excluding carboxylic acids is 2. The van der Waals surface area contributed by atoms with Gasteiger partial charge >= 0.3 is 11.3 Å². The van der Waals surface area contributed by atoms with Gasteiger partial charge in [-0.3, -0.25) is 19.0 Å². The van der Waals surface area contributed by atoms with Crippen molar-refractivity contribution in [3.05, 3.63) is 112 Å². The maximum Gasteiger partial charge on any atom is 0.438 e. The summed E-state index contributed by atoms with van der Waals surface area (Å²) in [6, 6.07) is 23.9. The molecule has 1 aliphatic heterocycles. The van der Waals surface area contributed by atoms with Crippen LogP contribution in [-0.2, 0) is 4.79 Å². The molecule has 3 aromatic carbocycles. The number of ketones is 1. The Hall–Kier alpha value is -4.70. The summed E-state index contributed by atoms with van der Waals surface area (Å²) in [4.78, 5) is 45.3. The lowest BCUT2D eigenvalue weighted by Crippen LogP contribution is -2.41. The van der Waals surface area contributed by atoms with Gasteiger partial charge in [0.15, 0.2) is 5.17 Å². The van der Waals surface area contributed by atoms with E-state index in [1.165, 1.54) is 15.1 Å². The van der Waals surface area contributed by atoms with Crippen molar-refractivity contribution in [3.63, 3.8) is 0 Å². The molecule has 10 heteroatoms. The number of Topliss-reactive ketones (excluding diaryl/α,β-unsaturated/α-hetero) is 1. The third kappa shape index (κ3) is 5.52. The molecule has 1 aliphatic rings. The van der Waals surface area contributed by atoms with Crippen molar-refractivity contribution in [2.24, 2.45) is 4.99 Å². The number of carbonyl (C=O) groups is 2. The van der Waals surface area contributed by atoms with E-state index in [1.807, 2.05) is 42.5 Å². The molecule has 5 rings (SSSR count). The molecule has 202 valence electrons. The lowest BCUT2D eigenvalue weighted by molar-refractivity contribution is -0.672. The molecule has 0 aliphatic carbocycles. The molecule has 1 aromatic heterocycles. The second kappa shape index (κ2) is 11.6. The molecule has 40 heavy (non-hydrogen) atoms. The molecular weight excluding hydrogens is 528 g/mol. The van der Waals surface area contributed by atoms with Gasteiger partial charge in [0.05, 0.1) is 18.6 Å². The molecule has 0 fully saturated rings. The van der Waals surface area contributed by atoms with Crippen molar-refractivity contribution in [2.75, 3.05) is 17.8 Å². The van der Waals surface area contributed by atoms with Crippen molar-refractivity contribution in [1.82, 2.24) is 5.27 Å². The summed E-state index contributed by atoms with van der Waals surface area (Å²) < 4.78 is 11.4. The maximum absolute atomic E-state index is 13.5. The summed E-state index contributed by atoms with van der Waals surface area (Å²) in [6.07, 6.45) is 1.73. The number of aromatic amines is 1. The Labute approximate surface area is 234 Å². The average Bonchev–Trinajstić information content (AvgIpc) is 3.51. The van der Waals surface area contributed by atoms with Crippen LogP contribution in [0.3, 0.4) is 0 Å². The lowest BCUT2D eigenvalue weighted by Gasteiger charge is -2.17. The topological polar surface area (TPSA) is 109 Å². The van der Waals surface area contributed by atoms with Gasteiger partial charge in [-0.05, 0) is 57.3 Å². The molecule has 0 saturated heterocycles. The van der Waals surface area contributed by atoms with Gasteiger partial charge in [0.1, 0.15) is 11.4 Å². The number of amides is 1. The molecule has 0 bridgehead atoms. The summed E-state index contributed by atoms with van der Waals surface area (Å²) >= 11 is 1.07. The number of H-pyrrole nitrogens is 1. The zero-order valence-electron chi connectivity index (χ0n) is 22.2. The Morgan fingerprint density at radius 2 is 1.75 bits per heavy atom. The fourth-order valence-corrected chi connectivity index (χ4v) is 5.03. The monoisotopic (exact) mass is 555 g/mol. The van der Waals surface area contributed by atoms with Crippen molar-refractivity contribution >= 4 is 40.4 Å². The molecule has 2 heterocycles. The van der Waals surface area contributed by atoms with Crippen molar-refractivity contribution < 1.29 is 23.5 Å². The molecule has 1 N–H and O–H groups in total. The summed E-state index contributed by atoms with van der Waals surface area (Å²) in [5.41, 5.74) is 2.48. The van der Waals surface area contributed by atoms with Crippen LogP contribution in [-0.4, -0.2) is 35.0 Å². The van der Waals surface area contributed by atoms with E-state index in [-0.39, 0.29) is 23.1 Å². The second-order valence-corrected chi connectivity index (χ2v) is 10.2. The molecule has 0 atom stereocenters. The van der Waals surface area contributed by atoms with Crippen LogP contribution in [0.15, 0.2) is 98.9 Å². The number of amidine groups is 1. The Morgan fingerprint density at radius 3 is 2.40 bits per heavy atom. The highest BCUT2D eigenvalue weighted by molar-refractivity contribution is 8.14. The number of anilines is 1. The molecular formula is C30H27N4O5S+. The Balaban J connectivity index is 1.42.